The molecule has 0 aromatic heterocycles. The van der Waals surface area contributed by atoms with Gasteiger partial charge in [-0.2, -0.15) is 0 Å². The van der Waals surface area contributed by atoms with Crippen molar-refractivity contribution >= 4 is 29.2 Å². The number of urea groups is 1. The highest BCUT2D eigenvalue weighted by Crippen LogP contribution is 2.12. The minimum Gasteiger partial charge on any atom is -0.348 e. The Labute approximate surface area is 165 Å². The van der Waals surface area contributed by atoms with Crippen LogP contribution in [0.1, 0.15) is 11.1 Å². The first-order chi connectivity index (χ1) is 12.8. The number of likely N-dealkylation sites (N-methyl/N-ethyl adjacent to an activating group) is 2. The van der Waals surface area contributed by atoms with Crippen molar-refractivity contribution in [2.75, 3.05) is 33.0 Å². The minimum atomic E-state index is -0.272. The van der Waals surface area contributed by atoms with E-state index in [1.54, 1.807) is 31.1 Å². The van der Waals surface area contributed by atoms with Gasteiger partial charge in [0.15, 0.2) is 0 Å². The van der Waals surface area contributed by atoms with Crippen molar-refractivity contribution in [3.8, 4) is 0 Å². The minimum absolute atomic E-state index is 0.0631. The van der Waals surface area contributed by atoms with Gasteiger partial charge in [0.1, 0.15) is 0 Å². The summed E-state index contributed by atoms with van der Waals surface area (Å²) in [5, 5.41) is 6.27. The second-order valence-corrected chi connectivity index (χ2v) is 7.03. The van der Waals surface area contributed by atoms with Crippen molar-refractivity contribution in [1.82, 2.24) is 15.1 Å². The summed E-state index contributed by atoms with van der Waals surface area (Å²) in [6.07, 6.45) is 0. The Kier molecular flexibility index (Phi) is 7.64. The van der Waals surface area contributed by atoms with Crippen LogP contribution in [0.3, 0.4) is 0 Å². The Balaban J connectivity index is 1.79. The number of nitrogens with zero attached hydrogens (tertiary/aromatic N) is 2. The molecule has 144 valence electrons. The topological polar surface area (TPSA) is 64.7 Å². The fraction of sp³-hybridized carbons (Fsp3) is 0.300. The van der Waals surface area contributed by atoms with Gasteiger partial charge in [-0.1, -0.05) is 35.9 Å². The Morgan fingerprint density at radius 3 is 2.11 bits per heavy atom. The molecule has 0 heterocycles. The molecule has 0 aliphatic carbocycles. The number of amides is 3. The van der Waals surface area contributed by atoms with Crippen molar-refractivity contribution in [3.63, 3.8) is 0 Å². The highest BCUT2D eigenvalue weighted by atomic mass is 35.5. The second kappa shape index (κ2) is 9.94. The zero-order chi connectivity index (χ0) is 19.8. The third kappa shape index (κ3) is 7.29. The molecule has 2 rings (SSSR count). The molecule has 7 heteroatoms. The summed E-state index contributed by atoms with van der Waals surface area (Å²) in [6, 6.07) is 14.6. The SMILES string of the molecule is CN(CC(=O)N(C)C)Cc1ccc(NC(=O)NCc2ccc(Cl)cc2)cc1. The number of rotatable bonds is 7. The highest BCUT2D eigenvalue weighted by Gasteiger charge is 2.09. The number of anilines is 1. The van der Waals surface area contributed by atoms with Crippen LogP contribution in [-0.2, 0) is 17.9 Å². The van der Waals surface area contributed by atoms with E-state index in [0.29, 0.717) is 30.3 Å². The molecule has 0 aliphatic rings. The van der Waals surface area contributed by atoms with E-state index in [9.17, 15) is 9.59 Å². The van der Waals surface area contributed by atoms with Crippen molar-refractivity contribution in [3.05, 3.63) is 64.7 Å². The van der Waals surface area contributed by atoms with E-state index in [4.69, 9.17) is 11.6 Å². The van der Waals surface area contributed by atoms with Gasteiger partial charge in [-0.15, -0.1) is 0 Å². The van der Waals surface area contributed by atoms with E-state index in [-0.39, 0.29) is 11.9 Å². The molecular weight excluding hydrogens is 364 g/mol. The molecule has 2 aromatic carbocycles. The molecular formula is C20H25ClN4O2. The first kappa shape index (κ1) is 20.7. The fourth-order valence-electron chi connectivity index (χ4n) is 2.39. The van der Waals surface area contributed by atoms with E-state index < -0.39 is 0 Å². The van der Waals surface area contributed by atoms with Crippen LogP contribution in [0.25, 0.3) is 0 Å². The number of carbonyl (C=O) groups excluding carboxylic acids is 2. The molecule has 0 unspecified atom stereocenters. The fourth-order valence-corrected chi connectivity index (χ4v) is 2.52. The molecule has 27 heavy (non-hydrogen) atoms. The summed E-state index contributed by atoms with van der Waals surface area (Å²) in [6.45, 7) is 1.44. The summed E-state index contributed by atoms with van der Waals surface area (Å²) < 4.78 is 0. The van der Waals surface area contributed by atoms with Crippen LogP contribution in [0.15, 0.2) is 48.5 Å². The maximum absolute atomic E-state index is 12.0. The number of benzene rings is 2. The zero-order valence-electron chi connectivity index (χ0n) is 15.8. The molecule has 2 aromatic rings. The van der Waals surface area contributed by atoms with E-state index in [2.05, 4.69) is 10.6 Å². The molecule has 2 N–H and O–H groups in total. The summed E-state index contributed by atoms with van der Waals surface area (Å²) in [4.78, 5) is 27.2. The van der Waals surface area contributed by atoms with E-state index in [0.717, 1.165) is 11.1 Å². The molecule has 0 saturated carbocycles. The largest absolute Gasteiger partial charge is 0.348 e. The van der Waals surface area contributed by atoms with Gasteiger partial charge in [-0.3, -0.25) is 9.69 Å². The van der Waals surface area contributed by atoms with Gasteiger partial charge < -0.3 is 15.5 Å². The molecule has 0 radical (unpaired) electrons. The normalized spacial score (nSPS) is 10.6. The molecule has 0 fully saturated rings. The number of hydrogen-bond donors (Lipinski definition) is 2. The average molecular weight is 389 g/mol. The van der Waals surface area contributed by atoms with Gasteiger partial charge in [0.25, 0.3) is 0 Å². The smallest absolute Gasteiger partial charge is 0.319 e. The first-order valence-corrected chi connectivity index (χ1v) is 8.98. The van der Waals surface area contributed by atoms with E-state index >= 15 is 0 Å². The molecule has 0 bridgehead atoms. The lowest BCUT2D eigenvalue weighted by molar-refractivity contribution is -0.129. The molecule has 0 atom stereocenters. The lowest BCUT2D eigenvalue weighted by Gasteiger charge is -2.19. The lowest BCUT2D eigenvalue weighted by Crippen LogP contribution is -2.34. The van der Waals surface area contributed by atoms with Gasteiger partial charge in [0.2, 0.25) is 5.91 Å². The van der Waals surface area contributed by atoms with E-state index in [1.807, 2.05) is 48.3 Å². The number of nitrogens with one attached hydrogen (secondary N) is 2. The van der Waals surface area contributed by atoms with Crippen LogP contribution in [-0.4, -0.2) is 49.4 Å². The van der Waals surface area contributed by atoms with Crippen LogP contribution in [0, 0.1) is 0 Å². The van der Waals surface area contributed by atoms with Crippen LogP contribution in [0.5, 0.6) is 0 Å². The number of halogens is 1. The third-order valence-corrected chi connectivity index (χ3v) is 4.19. The quantitative estimate of drug-likeness (QED) is 0.765. The third-order valence-electron chi connectivity index (χ3n) is 3.93. The Bertz CT molecular complexity index is 761. The van der Waals surface area contributed by atoms with Gasteiger partial charge in [-0.25, -0.2) is 4.79 Å². The molecule has 0 spiro atoms. The molecule has 6 nitrogen and oxygen atoms in total. The Morgan fingerprint density at radius 1 is 0.926 bits per heavy atom. The van der Waals surface area contributed by atoms with Gasteiger partial charge in [0.05, 0.1) is 6.54 Å². The predicted molar refractivity (Wildman–Crippen MR) is 109 cm³/mol. The van der Waals surface area contributed by atoms with Crippen molar-refractivity contribution in [1.29, 1.82) is 0 Å². The second-order valence-electron chi connectivity index (χ2n) is 6.59. The van der Waals surface area contributed by atoms with Crippen LogP contribution < -0.4 is 10.6 Å². The number of hydrogen-bond acceptors (Lipinski definition) is 3. The van der Waals surface area contributed by atoms with Crippen molar-refractivity contribution in [2.24, 2.45) is 0 Å². The highest BCUT2D eigenvalue weighted by molar-refractivity contribution is 6.30. The van der Waals surface area contributed by atoms with Crippen molar-refractivity contribution in [2.45, 2.75) is 13.1 Å². The Hall–Kier alpha value is -2.57. The first-order valence-electron chi connectivity index (χ1n) is 8.60. The number of carbonyl (C=O) groups is 2. The Morgan fingerprint density at radius 2 is 1.52 bits per heavy atom. The lowest BCUT2D eigenvalue weighted by atomic mass is 10.2. The maximum atomic E-state index is 12.0. The van der Waals surface area contributed by atoms with Gasteiger partial charge in [-0.05, 0) is 42.4 Å². The molecule has 0 aliphatic heterocycles. The zero-order valence-corrected chi connectivity index (χ0v) is 16.6. The van der Waals surface area contributed by atoms with Gasteiger partial charge in [0, 0.05) is 37.9 Å². The maximum Gasteiger partial charge on any atom is 0.319 e. The standard InChI is InChI=1S/C20H25ClN4O2/c1-24(2)19(26)14-25(3)13-16-6-10-18(11-7-16)23-20(27)22-12-15-4-8-17(21)9-5-15/h4-11H,12-14H2,1-3H3,(H2,22,23,27). The van der Waals surface area contributed by atoms with Gasteiger partial charge >= 0.3 is 6.03 Å². The monoisotopic (exact) mass is 388 g/mol. The van der Waals surface area contributed by atoms with E-state index in [1.165, 1.54) is 0 Å². The predicted octanol–water partition coefficient (Wildman–Crippen LogP) is 3.18. The van der Waals surface area contributed by atoms with Crippen molar-refractivity contribution < 1.29 is 9.59 Å². The average Bonchev–Trinajstić information content (AvgIpc) is 2.62. The summed E-state index contributed by atoms with van der Waals surface area (Å²) >= 11 is 5.84. The summed E-state index contributed by atoms with van der Waals surface area (Å²) in [5.74, 6) is 0.0631. The van der Waals surface area contributed by atoms with Crippen LogP contribution in [0.4, 0.5) is 10.5 Å². The summed E-state index contributed by atoms with van der Waals surface area (Å²) in [5.41, 5.74) is 2.75. The van der Waals surface area contributed by atoms with Crippen LogP contribution in [0.2, 0.25) is 5.02 Å². The molecule has 3 amide bonds. The molecule has 0 saturated heterocycles. The van der Waals surface area contributed by atoms with Crippen LogP contribution >= 0.6 is 11.6 Å². The summed E-state index contributed by atoms with van der Waals surface area (Å²) in [7, 11) is 5.39.